The van der Waals surface area contributed by atoms with E-state index in [-0.39, 0.29) is 5.75 Å². The van der Waals surface area contributed by atoms with E-state index in [2.05, 4.69) is 0 Å². The number of fused-ring (bicyclic) bond motifs is 1. The van der Waals surface area contributed by atoms with Gasteiger partial charge in [-0.25, -0.2) is 4.79 Å². The largest absolute Gasteiger partial charge is 0.508 e. The molecule has 1 unspecified atom stereocenters. The van der Waals surface area contributed by atoms with Gasteiger partial charge in [-0.1, -0.05) is 19.4 Å². The topological polar surface area (TPSA) is 66.8 Å². The zero-order valence-corrected chi connectivity index (χ0v) is 9.77. The third-order valence-electron chi connectivity index (χ3n) is 3.03. The summed E-state index contributed by atoms with van der Waals surface area (Å²) in [5, 5.41) is 18.8. The van der Waals surface area contributed by atoms with Gasteiger partial charge in [-0.2, -0.15) is 0 Å². The van der Waals surface area contributed by atoms with Crippen LogP contribution in [0.4, 0.5) is 0 Å². The summed E-state index contributed by atoms with van der Waals surface area (Å²) in [6.45, 7) is 2.01. The molecule has 0 fully saturated rings. The van der Waals surface area contributed by atoms with Crippen molar-refractivity contribution in [3.05, 3.63) is 23.3 Å². The van der Waals surface area contributed by atoms with Crippen molar-refractivity contribution in [2.24, 2.45) is 0 Å². The highest BCUT2D eigenvalue weighted by Crippen LogP contribution is 2.37. The molecule has 0 aromatic heterocycles. The molecule has 2 N–H and O–H groups in total. The number of hydrogen-bond acceptors (Lipinski definition) is 3. The molecular weight excluding hydrogens is 220 g/mol. The number of aromatic hydroxyl groups is 1. The summed E-state index contributed by atoms with van der Waals surface area (Å²) in [6.07, 6.45) is 1.95. The van der Waals surface area contributed by atoms with Gasteiger partial charge in [0.1, 0.15) is 11.5 Å². The number of carbonyl (C=O) groups is 1. The number of carboxylic acids is 1. The van der Waals surface area contributed by atoms with Crippen molar-refractivity contribution < 1.29 is 19.7 Å². The highest BCUT2D eigenvalue weighted by molar-refractivity contribution is 5.73. The van der Waals surface area contributed by atoms with Crippen LogP contribution in [0.1, 0.15) is 30.9 Å². The van der Waals surface area contributed by atoms with Crippen LogP contribution in [0.3, 0.4) is 0 Å². The fourth-order valence-electron chi connectivity index (χ4n) is 2.16. The zero-order chi connectivity index (χ0) is 12.4. The van der Waals surface area contributed by atoms with Gasteiger partial charge in [-0.15, -0.1) is 0 Å². The Bertz CT molecular complexity index is 439. The van der Waals surface area contributed by atoms with Crippen molar-refractivity contribution in [2.45, 2.75) is 38.7 Å². The molecule has 1 heterocycles. The number of aryl methyl sites for hydroxylation is 1. The van der Waals surface area contributed by atoms with Crippen LogP contribution in [0.2, 0.25) is 0 Å². The summed E-state index contributed by atoms with van der Waals surface area (Å²) in [6, 6.07) is 3.47. The number of phenols is 1. The lowest BCUT2D eigenvalue weighted by Gasteiger charge is -2.25. The molecule has 0 aliphatic carbocycles. The minimum Gasteiger partial charge on any atom is -0.508 e. The molecule has 4 nitrogen and oxygen atoms in total. The Balaban J connectivity index is 2.39. The van der Waals surface area contributed by atoms with Crippen LogP contribution in [-0.4, -0.2) is 22.3 Å². The number of rotatable bonds is 3. The minimum atomic E-state index is -0.943. The van der Waals surface area contributed by atoms with E-state index >= 15 is 0 Å². The molecule has 0 bridgehead atoms. The monoisotopic (exact) mass is 236 g/mol. The van der Waals surface area contributed by atoms with Crippen LogP contribution >= 0.6 is 0 Å². The SMILES string of the molecule is CCCc1c(O)ccc2c1OC(C(=O)O)CC2. The normalized spacial score (nSPS) is 18.3. The van der Waals surface area contributed by atoms with Gasteiger partial charge in [0.05, 0.1) is 0 Å². The Morgan fingerprint density at radius 3 is 2.94 bits per heavy atom. The van der Waals surface area contributed by atoms with Crippen molar-refractivity contribution in [2.75, 3.05) is 0 Å². The number of benzene rings is 1. The van der Waals surface area contributed by atoms with E-state index in [1.807, 2.05) is 13.0 Å². The van der Waals surface area contributed by atoms with E-state index in [0.29, 0.717) is 25.0 Å². The van der Waals surface area contributed by atoms with Crippen molar-refractivity contribution >= 4 is 5.97 Å². The Morgan fingerprint density at radius 1 is 1.53 bits per heavy atom. The standard InChI is InChI=1S/C13H16O4/c1-2-3-9-10(14)6-4-8-5-7-11(13(15)16)17-12(8)9/h4,6,11,14H,2-3,5,7H2,1H3,(H,15,16). The summed E-state index contributed by atoms with van der Waals surface area (Å²) in [5.74, 6) is -0.177. The molecule has 0 amide bonds. The number of ether oxygens (including phenoxy) is 1. The van der Waals surface area contributed by atoms with Crippen LogP contribution in [0, 0.1) is 0 Å². The summed E-state index contributed by atoms with van der Waals surface area (Å²) >= 11 is 0. The average Bonchev–Trinajstić information content (AvgIpc) is 2.32. The van der Waals surface area contributed by atoms with Gasteiger partial charge in [0.15, 0.2) is 6.10 Å². The second kappa shape index (κ2) is 4.65. The number of carboxylic acid groups (broad SMARTS) is 1. The van der Waals surface area contributed by atoms with Gasteiger partial charge in [0.25, 0.3) is 0 Å². The summed E-state index contributed by atoms with van der Waals surface area (Å²) in [5.41, 5.74) is 1.72. The van der Waals surface area contributed by atoms with Gasteiger partial charge < -0.3 is 14.9 Å². The molecule has 17 heavy (non-hydrogen) atoms. The molecule has 0 spiro atoms. The van der Waals surface area contributed by atoms with Gasteiger partial charge >= 0.3 is 5.97 Å². The minimum absolute atomic E-state index is 0.191. The lowest BCUT2D eigenvalue weighted by Crippen LogP contribution is -2.31. The summed E-state index contributed by atoms with van der Waals surface area (Å²) in [7, 11) is 0. The predicted octanol–water partition coefficient (Wildman–Crippen LogP) is 2.12. The van der Waals surface area contributed by atoms with E-state index < -0.39 is 12.1 Å². The lowest BCUT2D eigenvalue weighted by atomic mass is 9.96. The van der Waals surface area contributed by atoms with Crippen LogP contribution in [0.15, 0.2) is 12.1 Å². The molecular formula is C13H16O4. The Hall–Kier alpha value is -1.71. The molecule has 1 aliphatic heterocycles. The lowest BCUT2D eigenvalue weighted by molar-refractivity contribution is -0.145. The Kier molecular flexibility index (Phi) is 3.22. The fourth-order valence-corrected chi connectivity index (χ4v) is 2.16. The third kappa shape index (κ3) is 2.20. The molecule has 0 saturated heterocycles. The molecule has 1 aromatic rings. The van der Waals surface area contributed by atoms with Crippen LogP contribution in [-0.2, 0) is 17.6 Å². The first-order valence-electron chi connectivity index (χ1n) is 5.86. The predicted molar refractivity (Wildman–Crippen MR) is 62.5 cm³/mol. The molecule has 92 valence electrons. The van der Waals surface area contributed by atoms with E-state index in [9.17, 15) is 9.90 Å². The Labute approximate surface area is 99.8 Å². The van der Waals surface area contributed by atoms with Gasteiger partial charge in [-0.05, 0) is 30.9 Å². The maximum Gasteiger partial charge on any atom is 0.344 e. The van der Waals surface area contributed by atoms with Gasteiger partial charge in [-0.3, -0.25) is 0 Å². The third-order valence-corrected chi connectivity index (χ3v) is 3.03. The number of aliphatic carboxylic acids is 1. The maximum absolute atomic E-state index is 10.9. The Morgan fingerprint density at radius 2 is 2.29 bits per heavy atom. The number of phenolic OH excluding ortho intramolecular Hbond substituents is 1. The van der Waals surface area contributed by atoms with E-state index in [1.54, 1.807) is 6.07 Å². The van der Waals surface area contributed by atoms with Crippen molar-refractivity contribution in [1.29, 1.82) is 0 Å². The zero-order valence-electron chi connectivity index (χ0n) is 9.77. The van der Waals surface area contributed by atoms with Crippen LogP contribution in [0.25, 0.3) is 0 Å². The molecule has 0 radical (unpaired) electrons. The first kappa shape index (κ1) is 11.8. The quantitative estimate of drug-likeness (QED) is 0.843. The molecule has 1 atom stereocenters. The first-order chi connectivity index (χ1) is 8.13. The second-order valence-corrected chi connectivity index (χ2v) is 4.28. The van der Waals surface area contributed by atoms with Gasteiger partial charge in [0, 0.05) is 5.56 Å². The highest BCUT2D eigenvalue weighted by atomic mass is 16.5. The van der Waals surface area contributed by atoms with E-state index in [0.717, 1.165) is 17.5 Å². The van der Waals surface area contributed by atoms with Crippen molar-refractivity contribution in [1.82, 2.24) is 0 Å². The summed E-state index contributed by atoms with van der Waals surface area (Å²) < 4.78 is 5.50. The van der Waals surface area contributed by atoms with E-state index in [1.165, 1.54) is 0 Å². The molecule has 1 aromatic carbocycles. The average molecular weight is 236 g/mol. The molecule has 1 aliphatic rings. The van der Waals surface area contributed by atoms with Crippen LogP contribution < -0.4 is 4.74 Å². The molecule has 4 heteroatoms. The summed E-state index contributed by atoms with van der Waals surface area (Å²) in [4.78, 5) is 10.9. The van der Waals surface area contributed by atoms with Crippen molar-refractivity contribution in [3.8, 4) is 11.5 Å². The molecule has 0 saturated carbocycles. The first-order valence-corrected chi connectivity index (χ1v) is 5.86. The smallest absolute Gasteiger partial charge is 0.344 e. The fraction of sp³-hybridized carbons (Fsp3) is 0.462. The molecule has 2 rings (SSSR count). The van der Waals surface area contributed by atoms with Gasteiger partial charge in [0.2, 0.25) is 0 Å². The van der Waals surface area contributed by atoms with Crippen molar-refractivity contribution in [3.63, 3.8) is 0 Å². The maximum atomic E-state index is 10.9. The number of hydrogen-bond donors (Lipinski definition) is 2. The van der Waals surface area contributed by atoms with E-state index in [4.69, 9.17) is 9.84 Å². The second-order valence-electron chi connectivity index (χ2n) is 4.28. The van der Waals surface area contributed by atoms with Crippen LogP contribution in [0.5, 0.6) is 11.5 Å². The highest BCUT2D eigenvalue weighted by Gasteiger charge is 2.28.